The molecule has 0 radical (unpaired) electrons. The van der Waals surface area contributed by atoms with Gasteiger partial charge in [0.05, 0.1) is 24.7 Å². The van der Waals surface area contributed by atoms with Crippen LogP contribution in [0.3, 0.4) is 0 Å². The lowest BCUT2D eigenvalue weighted by Gasteiger charge is -2.08. The monoisotopic (exact) mass is 516 g/mol. The van der Waals surface area contributed by atoms with Crippen molar-refractivity contribution in [3.05, 3.63) is 72.2 Å². The minimum absolute atomic E-state index is 0.183. The molecule has 38 heavy (non-hydrogen) atoms. The fourth-order valence-electron chi connectivity index (χ4n) is 4.37. The highest BCUT2D eigenvalue weighted by Gasteiger charge is 2.12. The van der Waals surface area contributed by atoms with E-state index >= 15 is 0 Å². The molecule has 5 heteroatoms. The van der Waals surface area contributed by atoms with Crippen molar-refractivity contribution in [1.82, 2.24) is 9.97 Å². The molecule has 0 aliphatic carbocycles. The van der Waals surface area contributed by atoms with Crippen LogP contribution in [0.1, 0.15) is 107 Å². The number of rotatable bonds is 18. The number of ether oxygens (including phenoxy) is 2. The van der Waals surface area contributed by atoms with Crippen LogP contribution in [0.15, 0.2) is 60.9 Å². The largest absolute Gasteiger partial charge is 0.494 e. The van der Waals surface area contributed by atoms with Gasteiger partial charge in [0.15, 0.2) is 5.69 Å². The molecule has 0 spiro atoms. The third-order valence-electron chi connectivity index (χ3n) is 6.73. The minimum Gasteiger partial charge on any atom is -0.494 e. The fraction of sp³-hybridized carbons (Fsp3) is 0.485. The molecule has 3 aromatic rings. The summed E-state index contributed by atoms with van der Waals surface area (Å²) in [6.45, 7) is 5.21. The highest BCUT2D eigenvalue weighted by atomic mass is 16.5. The Hall–Kier alpha value is -3.21. The fourth-order valence-corrected chi connectivity index (χ4v) is 4.37. The van der Waals surface area contributed by atoms with E-state index in [4.69, 9.17) is 9.47 Å². The first-order valence-electron chi connectivity index (χ1n) is 14.6. The van der Waals surface area contributed by atoms with Gasteiger partial charge in [-0.1, -0.05) is 90.2 Å². The summed E-state index contributed by atoms with van der Waals surface area (Å²) < 4.78 is 11.4. The lowest BCUT2D eigenvalue weighted by atomic mass is 10.1. The van der Waals surface area contributed by atoms with Gasteiger partial charge >= 0.3 is 5.97 Å². The molecule has 0 amide bonds. The maximum absolute atomic E-state index is 12.5. The molecule has 1 aromatic heterocycles. The highest BCUT2D eigenvalue weighted by Crippen LogP contribution is 2.21. The molecular weight excluding hydrogens is 472 g/mol. The summed E-state index contributed by atoms with van der Waals surface area (Å²) in [5.41, 5.74) is 3.06. The van der Waals surface area contributed by atoms with Crippen LogP contribution < -0.4 is 9.47 Å². The van der Waals surface area contributed by atoms with Gasteiger partial charge in [-0.25, -0.2) is 9.78 Å². The van der Waals surface area contributed by atoms with Crippen LogP contribution in [-0.2, 0) is 6.42 Å². The Kier molecular flexibility index (Phi) is 13.4. The molecule has 0 saturated heterocycles. The Bertz CT molecular complexity index is 1050. The van der Waals surface area contributed by atoms with Gasteiger partial charge in [-0.05, 0) is 61.2 Å². The van der Waals surface area contributed by atoms with Crippen molar-refractivity contribution in [2.45, 2.75) is 97.3 Å². The molecule has 0 unspecified atom stereocenters. The van der Waals surface area contributed by atoms with Crippen LogP contribution in [0.5, 0.6) is 11.5 Å². The normalized spacial score (nSPS) is 10.9. The van der Waals surface area contributed by atoms with Crippen LogP contribution in [0, 0.1) is 0 Å². The zero-order valence-corrected chi connectivity index (χ0v) is 23.3. The lowest BCUT2D eigenvalue weighted by Crippen LogP contribution is -2.11. The van der Waals surface area contributed by atoms with E-state index in [1.54, 1.807) is 6.20 Å². The van der Waals surface area contributed by atoms with E-state index in [0.29, 0.717) is 11.4 Å². The molecule has 0 N–H and O–H groups in total. The maximum Gasteiger partial charge on any atom is 0.363 e. The van der Waals surface area contributed by atoms with Crippen molar-refractivity contribution >= 4 is 5.97 Å². The van der Waals surface area contributed by atoms with Gasteiger partial charge < -0.3 is 9.47 Å². The third-order valence-corrected chi connectivity index (χ3v) is 6.73. The van der Waals surface area contributed by atoms with Crippen LogP contribution in [-0.4, -0.2) is 22.5 Å². The maximum atomic E-state index is 12.5. The average Bonchev–Trinajstić information content (AvgIpc) is 2.96. The number of esters is 1. The molecule has 0 fully saturated rings. The zero-order valence-electron chi connectivity index (χ0n) is 23.3. The topological polar surface area (TPSA) is 61.3 Å². The average molecular weight is 517 g/mol. The van der Waals surface area contributed by atoms with Crippen molar-refractivity contribution < 1.29 is 14.3 Å². The van der Waals surface area contributed by atoms with E-state index in [9.17, 15) is 4.79 Å². The quantitative estimate of drug-likeness (QED) is 0.0959. The Morgan fingerprint density at radius 2 is 1.26 bits per heavy atom. The van der Waals surface area contributed by atoms with E-state index in [1.165, 1.54) is 82.4 Å². The summed E-state index contributed by atoms with van der Waals surface area (Å²) in [5, 5.41) is 0. The van der Waals surface area contributed by atoms with Crippen molar-refractivity contribution in [2.75, 3.05) is 6.61 Å². The first-order valence-corrected chi connectivity index (χ1v) is 14.6. The summed E-state index contributed by atoms with van der Waals surface area (Å²) in [5.74, 6) is 0.863. The van der Waals surface area contributed by atoms with E-state index < -0.39 is 5.97 Å². The summed E-state index contributed by atoms with van der Waals surface area (Å²) in [6.07, 6.45) is 19.4. The summed E-state index contributed by atoms with van der Waals surface area (Å²) in [7, 11) is 0. The standard InChI is InChI=1S/C33H44N2O3/c1-3-5-7-9-10-11-12-14-24-37-29-22-18-28(19-23-29)31-25-35-32(26-34-31)33(36)38-30-20-16-27(17-21-30)15-13-8-6-4-2/h16-23,25-26H,3-15,24H2,1-2H3. The first kappa shape index (κ1) is 29.3. The van der Waals surface area contributed by atoms with Crippen molar-refractivity contribution in [3.63, 3.8) is 0 Å². The number of benzene rings is 2. The number of nitrogens with zero attached hydrogens (tertiary/aromatic N) is 2. The van der Waals surface area contributed by atoms with Crippen molar-refractivity contribution in [1.29, 1.82) is 0 Å². The van der Waals surface area contributed by atoms with Crippen LogP contribution in [0.25, 0.3) is 11.3 Å². The van der Waals surface area contributed by atoms with Gasteiger partial charge in [-0.3, -0.25) is 4.98 Å². The van der Waals surface area contributed by atoms with Crippen LogP contribution in [0.4, 0.5) is 0 Å². The smallest absolute Gasteiger partial charge is 0.363 e. The second-order valence-corrected chi connectivity index (χ2v) is 9.98. The summed E-state index contributed by atoms with van der Waals surface area (Å²) in [4.78, 5) is 21.2. The number of unbranched alkanes of at least 4 members (excludes halogenated alkanes) is 10. The molecule has 1 heterocycles. The highest BCUT2D eigenvalue weighted by molar-refractivity contribution is 5.88. The second kappa shape index (κ2) is 17.3. The van der Waals surface area contributed by atoms with Gasteiger partial charge in [0.1, 0.15) is 11.5 Å². The second-order valence-electron chi connectivity index (χ2n) is 9.98. The van der Waals surface area contributed by atoms with E-state index in [2.05, 4.69) is 23.8 Å². The number of aromatic nitrogens is 2. The van der Waals surface area contributed by atoms with Gasteiger partial charge in [-0.15, -0.1) is 0 Å². The molecule has 0 saturated carbocycles. The van der Waals surface area contributed by atoms with E-state index in [1.807, 2.05) is 48.5 Å². The summed E-state index contributed by atoms with van der Waals surface area (Å²) in [6, 6.07) is 15.6. The van der Waals surface area contributed by atoms with Crippen molar-refractivity contribution in [3.8, 4) is 22.8 Å². The molecule has 204 valence electrons. The summed E-state index contributed by atoms with van der Waals surface area (Å²) >= 11 is 0. The molecule has 0 aliphatic rings. The SMILES string of the molecule is CCCCCCCCCCOc1ccc(-c2cnc(C(=O)Oc3ccc(CCCCCC)cc3)cn2)cc1. The van der Waals surface area contributed by atoms with E-state index in [0.717, 1.165) is 30.8 Å². The Labute approximate surface area is 229 Å². The minimum atomic E-state index is -0.510. The van der Waals surface area contributed by atoms with Crippen molar-refractivity contribution in [2.24, 2.45) is 0 Å². The molecule has 2 aromatic carbocycles. The molecule has 3 rings (SSSR count). The van der Waals surface area contributed by atoms with Gasteiger partial charge in [0, 0.05) is 5.56 Å². The molecule has 0 aliphatic heterocycles. The Morgan fingerprint density at radius 3 is 1.89 bits per heavy atom. The van der Waals surface area contributed by atoms with Crippen LogP contribution >= 0.6 is 0 Å². The Morgan fingerprint density at radius 1 is 0.658 bits per heavy atom. The third kappa shape index (κ3) is 10.6. The molecule has 5 nitrogen and oxygen atoms in total. The van der Waals surface area contributed by atoms with Gasteiger partial charge in [0.2, 0.25) is 0 Å². The zero-order chi connectivity index (χ0) is 26.8. The van der Waals surface area contributed by atoms with Gasteiger partial charge in [-0.2, -0.15) is 0 Å². The number of hydrogen-bond donors (Lipinski definition) is 0. The predicted octanol–water partition coefficient (Wildman–Crippen LogP) is 9.01. The predicted molar refractivity (Wildman–Crippen MR) is 155 cm³/mol. The number of aryl methyl sites for hydroxylation is 1. The molecule has 0 bridgehead atoms. The first-order chi connectivity index (χ1) is 18.7. The van der Waals surface area contributed by atoms with Gasteiger partial charge in [0.25, 0.3) is 0 Å². The number of carbonyl (C=O) groups is 1. The number of carbonyl (C=O) groups excluding carboxylic acids is 1. The molecule has 0 atom stereocenters. The lowest BCUT2D eigenvalue weighted by molar-refractivity contribution is 0.0728. The number of hydrogen-bond acceptors (Lipinski definition) is 5. The Balaban J connectivity index is 1.40. The molecular formula is C33H44N2O3. The van der Waals surface area contributed by atoms with Crippen LogP contribution in [0.2, 0.25) is 0 Å². The van der Waals surface area contributed by atoms with E-state index in [-0.39, 0.29) is 5.69 Å².